The summed E-state index contributed by atoms with van der Waals surface area (Å²) in [6.07, 6.45) is 0. The molecular formula is C7H5ClF. The topological polar surface area (TPSA) is 0 Å². The maximum atomic E-state index is 11.8. The van der Waals surface area contributed by atoms with Gasteiger partial charge in [0.1, 0.15) is 6.67 Å². The van der Waals surface area contributed by atoms with E-state index in [-0.39, 0.29) is 0 Å². The highest BCUT2D eigenvalue weighted by atomic mass is 35.5. The third-order valence-corrected chi connectivity index (χ3v) is 1.20. The summed E-state index contributed by atoms with van der Waals surface area (Å²) in [5.41, 5.74) is 0.596. The second-order valence-corrected chi connectivity index (χ2v) is 2.09. The first kappa shape index (κ1) is 6.56. The van der Waals surface area contributed by atoms with Crippen LogP contribution < -0.4 is 0 Å². The minimum Gasteiger partial charge on any atom is -0.246 e. The summed E-state index contributed by atoms with van der Waals surface area (Å²) in [6, 6.07) is 7.51. The zero-order valence-electron chi connectivity index (χ0n) is 4.70. The van der Waals surface area contributed by atoms with Crippen molar-refractivity contribution in [2.24, 2.45) is 0 Å². The summed E-state index contributed by atoms with van der Waals surface area (Å²) in [5.74, 6) is 0. The smallest absolute Gasteiger partial charge is 0.115 e. The van der Waals surface area contributed by atoms with E-state index in [1.165, 1.54) is 0 Å². The SMILES string of the molecule is FCc1cc[c]c(Cl)c1. The van der Waals surface area contributed by atoms with Crippen LogP contribution in [0.5, 0.6) is 0 Å². The van der Waals surface area contributed by atoms with E-state index in [1.54, 1.807) is 18.2 Å². The van der Waals surface area contributed by atoms with Crippen molar-refractivity contribution < 1.29 is 4.39 Å². The van der Waals surface area contributed by atoms with Crippen LogP contribution in [-0.2, 0) is 6.67 Å². The van der Waals surface area contributed by atoms with Crippen LogP contribution in [0.15, 0.2) is 18.2 Å². The number of rotatable bonds is 1. The summed E-state index contributed by atoms with van der Waals surface area (Å²) >= 11 is 5.50. The number of hydrogen-bond donors (Lipinski definition) is 0. The van der Waals surface area contributed by atoms with Crippen molar-refractivity contribution in [1.29, 1.82) is 0 Å². The van der Waals surface area contributed by atoms with Crippen LogP contribution in [0.25, 0.3) is 0 Å². The van der Waals surface area contributed by atoms with Gasteiger partial charge in [0.05, 0.1) is 0 Å². The molecule has 0 bridgehead atoms. The zero-order valence-corrected chi connectivity index (χ0v) is 5.45. The molecule has 1 aromatic carbocycles. The number of benzene rings is 1. The fraction of sp³-hybridized carbons (Fsp3) is 0.143. The zero-order chi connectivity index (χ0) is 6.69. The monoisotopic (exact) mass is 143 g/mol. The molecule has 0 unspecified atom stereocenters. The summed E-state index contributed by atoms with van der Waals surface area (Å²) in [4.78, 5) is 0. The summed E-state index contributed by atoms with van der Waals surface area (Å²) in [6.45, 7) is -0.464. The lowest BCUT2D eigenvalue weighted by Crippen LogP contribution is -1.75. The molecule has 47 valence electrons. The molecule has 1 rings (SSSR count). The third-order valence-electron chi connectivity index (χ3n) is 0.985. The Hall–Kier alpha value is -0.560. The van der Waals surface area contributed by atoms with E-state index in [1.807, 2.05) is 0 Å². The van der Waals surface area contributed by atoms with E-state index >= 15 is 0 Å². The van der Waals surface area contributed by atoms with Crippen LogP contribution in [0.3, 0.4) is 0 Å². The summed E-state index contributed by atoms with van der Waals surface area (Å²) < 4.78 is 11.8. The average Bonchev–Trinajstić information content (AvgIpc) is 1.88. The van der Waals surface area contributed by atoms with Gasteiger partial charge in [0.2, 0.25) is 0 Å². The fourth-order valence-electron chi connectivity index (χ4n) is 0.564. The molecule has 0 aliphatic heterocycles. The Bertz CT molecular complexity index is 198. The maximum absolute atomic E-state index is 11.8. The number of hydrogen-bond acceptors (Lipinski definition) is 0. The first-order chi connectivity index (χ1) is 4.33. The Kier molecular flexibility index (Phi) is 2.06. The Morgan fingerprint density at radius 2 is 2.44 bits per heavy atom. The van der Waals surface area contributed by atoms with E-state index in [0.29, 0.717) is 10.6 Å². The molecule has 0 spiro atoms. The molecule has 0 aliphatic rings. The molecule has 0 aliphatic carbocycles. The van der Waals surface area contributed by atoms with Gasteiger partial charge in [0.15, 0.2) is 0 Å². The van der Waals surface area contributed by atoms with E-state index in [9.17, 15) is 4.39 Å². The molecule has 0 fully saturated rings. The molecular weight excluding hydrogens is 139 g/mol. The van der Waals surface area contributed by atoms with Crippen molar-refractivity contribution in [2.75, 3.05) is 0 Å². The highest BCUT2D eigenvalue weighted by Crippen LogP contribution is 2.10. The highest BCUT2D eigenvalue weighted by Gasteiger charge is 1.90. The molecule has 9 heavy (non-hydrogen) atoms. The van der Waals surface area contributed by atoms with Gasteiger partial charge in [-0.2, -0.15) is 0 Å². The lowest BCUT2D eigenvalue weighted by atomic mass is 10.2. The van der Waals surface area contributed by atoms with E-state index < -0.39 is 6.67 Å². The third kappa shape index (κ3) is 1.68. The van der Waals surface area contributed by atoms with Crippen LogP contribution >= 0.6 is 11.6 Å². The molecule has 0 aromatic heterocycles. The van der Waals surface area contributed by atoms with Gasteiger partial charge in [-0.05, 0) is 11.6 Å². The lowest BCUT2D eigenvalue weighted by Gasteiger charge is -1.91. The van der Waals surface area contributed by atoms with Gasteiger partial charge in [0.25, 0.3) is 0 Å². The standard InChI is InChI=1S/C7H5ClF/c8-7-3-1-2-6(4-7)5-9/h1-2,4H,5H2. The fourth-order valence-corrected chi connectivity index (χ4v) is 0.767. The van der Waals surface area contributed by atoms with Gasteiger partial charge in [-0.1, -0.05) is 23.7 Å². The largest absolute Gasteiger partial charge is 0.246 e. The molecule has 1 radical (unpaired) electrons. The quantitative estimate of drug-likeness (QED) is 0.567. The van der Waals surface area contributed by atoms with Crippen molar-refractivity contribution in [2.45, 2.75) is 6.67 Å². The normalized spacial score (nSPS) is 9.56. The van der Waals surface area contributed by atoms with E-state index in [0.717, 1.165) is 0 Å². The van der Waals surface area contributed by atoms with Crippen LogP contribution in [0.2, 0.25) is 5.02 Å². The van der Waals surface area contributed by atoms with Crippen molar-refractivity contribution in [1.82, 2.24) is 0 Å². The maximum Gasteiger partial charge on any atom is 0.115 e. The predicted octanol–water partition coefficient (Wildman–Crippen LogP) is 2.61. The average molecular weight is 144 g/mol. The highest BCUT2D eigenvalue weighted by molar-refractivity contribution is 6.30. The predicted molar refractivity (Wildman–Crippen MR) is 35.1 cm³/mol. The molecule has 0 saturated heterocycles. The van der Waals surface area contributed by atoms with Gasteiger partial charge in [-0.25, -0.2) is 4.39 Å². The van der Waals surface area contributed by atoms with Crippen LogP contribution in [0.4, 0.5) is 4.39 Å². The Morgan fingerprint density at radius 1 is 1.67 bits per heavy atom. The van der Waals surface area contributed by atoms with Crippen molar-refractivity contribution >= 4 is 11.6 Å². The Morgan fingerprint density at radius 3 is 2.89 bits per heavy atom. The summed E-state index contributed by atoms with van der Waals surface area (Å²) in [7, 11) is 0. The van der Waals surface area contributed by atoms with Gasteiger partial charge in [0, 0.05) is 11.1 Å². The minimum absolute atomic E-state index is 0.463. The van der Waals surface area contributed by atoms with Crippen LogP contribution in [0, 0.1) is 6.07 Å². The molecule has 0 saturated carbocycles. The number of halogens is 2. The summed E-state index contributed by atoms with van der Waals surface area (Å²) in [5, 5.41) is 0.463. The molecule has 0 amide bonds. The minimum atomic E-state index is -0.464. The van der Waals surface area contributed by atoms with E-state index in [4.69, 9.17) is 11.6 Å². The lowest BCUT2D eigenvalue weighted by molar-refractivity contribution is 0.485. The van der Waals surface area contributed by atoms with E-state index in [2.05, 4.69) is 6.07 Å². The van der Waals surface area contributed by atoms with Crippen molar-refractivity contribution in [3.05, 3.63) is 34.9 Å². The molecule has 2 heteroatoms. The Labute approximate surface area is 58.3 Å². The van der Waals surface area contributed by atoms with Crippen molar-refractivity contribution in [3.8, 4) is 0 Å². The molecule has 0 atom stereocenters. The number of alkyl halides is 1. The first-order valence-corrected chi connectivity index (χ1v) is 2.93. The Balaban J connectivity index is 2.94. The molecule has 0 nitrogen and oxygen atoms in total. The molecule has 1 aromatic rings. The van der Waals surface area contributed by atoms with Gasteiger partial charge >= 0.3 is 0 Å². The molecule has 0 N–H and O–H groups in total. The second-order valence-electron chi connectivity index (χ2n) is 1.68. The van der Waals surface area contributed by atoms with Crippen LogP contribution in [-0.4, -0.2) is 0 Å². The van der Waals surface area contributed by atoms with Gasteiger partial charge in [-0.3, -0.25) is 0 Å². The molecule has 0 heterocycles. The first-order valence-electron chi connectivity index (χ1n) is 2.55. The van der Waals surface area contributed by atoms with Gasteiger partial charge in [-0.15, -0.1) is 0 Å². The van der Waals surface area contributed by atoms with Crippen LogP contribution in [0.1, 0.15) is 5.56 Å². The second kappa shape index (κ2) is 2.83. The van der Waals surface area contributed by atoms with Crippen molar-refractivity contribution in [3.63, 3.8) is 0 Å². The van der Waals surface area contributed by atoms with Gasteiger partial charge < -0.3 is 0 Å².